The van der Waals surface area contributed by atoms with Crippen molar-refractivity contribution in [2.24, 2.45) is 5.92 Å². The zero-order valence-corrected chi connectivity index (χ0v) is 20.2. The van der Waals surface area contributed by atoms with E-state index in [9.17, 15) is 14.4 Å². The smallest absolute Gasteiger partial charge is 0.329 e. The van der Waals surface area contributed by atoms with Gasteiger partial charge in [-0.25, -0.2) is 9.69 Å². The van der Waals surface area contributed by atoms with E-state index in [-0.39, 0.29) is 24.5 Å². The molecule has 2 heterocycles. The number of piperazine rings is 1. The van der Waals surface area contributed by atoms with Gasteiger partial charge >= 0.3 is 6.03 Å². The molecule has 35 heavy (non-hydrogen) atoms. The summed E-state index contributed by atoms with van der Waals surface area (Å²) in [6, 6.07) is 18.4. The third-order valence-corrected chi connectivity index (χ3v) is 7.60. The molecule has 3 fully saturated rings. The zero-order chi connectivity index (χ0) is 24.2. The highest BCUT2D eigenvalue weighted by Gasteiger charge is 2.46. The molecule has 7 nitrogen and oxygen atoms in total. The van der Waals surface area contributed by atoms with Crippen LogP contribution in [0, 0.1) is 5.92 Å². The Morgan fingerprint density at radius 2 is 1.46 bits per heavy atom. The Morgan fingerprint density at radius 3 is 2.11 bits per heavy atom. The fraction of sp³-hybridized carbons (Fsp3) is 0.464. The lowest BCUT2D eigenvalue weighted by Crippen LogP contribution is -2.52. The number of hydrogen-bond donors (Lipinski definition) is 0. The number of urea groups is 1. The Kier molecular flexibility index (Phi) is 7.13. The molecule has 0 radical (unpaired) electrons. The number of hydrogen-bond acceptors (Lipinski definition) is 4. The summed E-state index contributed by atoms with van der Waals surface area (Å²) >= 11 is 0. The van der Waals surface area contributed by atoms with E-state index >= 15 is 0 Å². The number of benzene rings is 2. The van der Waals surface area contributed by atoms with E-state index in [0.717, 1.165) is 11.1 Å². The van der Waals surface area contributed by atoms with Crippen molar-refractivity contribution in [2.75, 3.05) is 32.8 Å². The highest BCUT2D eigenvalue weighted by atomic mass is 16.2. The van der Waals surface area contributed by atoms with E-state index < -0.39 is 6.04 Å². The second kappa shape index (κ2) is 10.6. The van der Waals surface area contributed by atoms with Crippen LogP contribution in [0.5, 0.6) is 0 Å². The van der Waals surface area contributed by atoms with E-state index in [4.69, 9.17) is 0 Å². The number of carbonyl (C=O) groups is 3. The van der Waals surface area contributed by atoms with Crippen molar-refractivity contribution in [3.8, 4) is 0 Å². The van der Waals surface area contributed by atoms with Crippen LogP contribution in [-0.4, -0.2) is 70.3 Å². The summed E-state index contributed by atoms with van der Waals surface area (Å²) in [6.45, 7) is 3.28. The number of nitrogens with zero attached hydrogens (tertiary/aromatic N) is 4. The van der Waals surface area contributed by atoms with Crippen LogP contribution in [0.2, 0.25) is 0 Å². The Labute approximate surface area is 207 Å². The summed E-state index contributed by atoms with van der Waals surface area (Å²) in [5.41, 5.74) is 1.82. The predicted molar refractivity (Wildman–Crippen MR) is 133 cm³/mol. The molecule has 1 unspecified atom stereocenters. The molecule has 0 aromatic heterocycles. The van der Waals surface area contributed by atoms with E-state index in [1.165, 1.54) is 30.6 Å². The topological polar surface area (TPSA) is 64.2 Å². The van der Waals surface area contributed by atoms with Crippen molar-refractivity contribution in [1.29, 1.82) is 0 Å². The Bertz CT molecular complexity index is 1030. The highest BCUT2D eigenvalue weighted by Crippen LogP contribution is 2.33. The zero-order valence-electron chi connectivity index (χ0n) is 20.2. The molecule has 2 saturated heterocycles. The third kappa shape index (κ3) is 5.25. The van der Waals surface area contributed by atoms with Gasteiger partial charge in [0.1, 0.15) is 6.04 Å². The molecule has 184 valence electrons. The maximum Gasteiger partial charge on any atom is 0.329 e. The number of carbonyl (C=O) groups excluding carboxylic acids is 3. The van der Waals surface area contributed by atoms with Gasteiger partial charge in [-0.3, -0.25) is 14.5 Å². The molecule has 5 rings (SSSR count). The van der Waals surface area contributed by atoms with Crippen LogP contribution in [0.3, 0.4) is 0 Å². The van der Waals surface area contributed by atoms with Crippen molar-refractivity contribution in [2.45, 2.75) is 44.7 Å². The first-order chi connectivity index (χ1) is 17.1. The standard InChI is InChI=1S/C28H34N4O3/c33-25(19-22-9-7-8-10-22)30-17-15-29(16-18-30)21-32-27(34)26(24-13-5-2-6-14-24)31(28(32)35)20-23-11-3-1-4-12-23/h1-6,11-14,22,26H,7-10,15-21H2. The van der Waals surface area contributed by atoms with Crippen molar-refractivity contribution >= 4 is 17.8 Å². The minimum absolute atomic E-state index is 0.183. The second-order valence-corrected chi connectivity index (χ2v) is 9.97. The summed E-state index contributed by atoms with van der Waals surface area (Å²) in [5, 5.41) is 0. The van der Waals surface area contributed by atoms with Crippen molar-refractivity contribution in [1.82, 2.24) is 19.6 Å². The molecule has 4 amide bonds. The average Bonchev–Trinajstić information content (AvgIpc) is 3.48. The fourth-order valence-electron chi connectivity index (χ4n) is 5.60. The summed E-state index contributed by atoms with van der Waals surface area (Å²) < 4.78 is 0. The van der Waals surface area contributed by atoms with Crippen molar-refractivity contribution in [3.63, 3.8) is 0 Å². The molecular formula is C28H34N4O3. The first-order valence-corrected chi connectivity index (χ1v) is 12.8. The SMILES string of the molecule is O=C(CC1CCCC1)N1CCN(CN2C(=O)C(c3ccccc3)N(Cc3ccccc3)C2=O)CC1. The van der Waals surface area contributed by atoms with Crippen LogP contribution in [0.4, 0.5) is 4.79 Å². The first-order valence-electron chi connectivity index (χ1n) is 12.8. The lowest BCUT2D eigenvalue weighted by molar-refractivity contribution is -0.135. The van der Waals surface area contributed by atoms with Gasteiger partial charge in [0.25, 0.3) is 5.91 Å². The van der Waals surface area contributed by atoms with E-state index in [2.05, 4.69) is 4.90 Å². The van der Waals surface area contributed by atoms with Gasteiger partial charge in [-0.2, -0.15) is 0 Å². The van der Waals surface area contributed by atoms with E-state index in [1.807, 2.05) is 65.6 Å². The lowest BCUT2D eigenvalue weighted by Gasteiger charge is -2.36. The summed E-state index contributed by atoms with van der Waals surface area (Å²) in [5.74, 6) is 0.616. The summed E-state index contributed by atoms with van der Waals surface area (Å²) in [7, 11) is 0. The average molecular weight is 475 g/mol. The van der Waals surface area contributed by atoms with Crippen molar-refractivity contribution in [3.05, 3.63) is 71.8 Å². The van der Waals surface area contributed by atoms with Gasteiger partial charge in [-0.15, -0.1) is 0 Å². The molecule has 2 aliphatic heterocycles. The Morgan fingerprint density at radius 1 is 0.829 bits per heavy atom. The molecule has 1 aliphatic carbocycles. The quantitative estimate of drug-likeness (QED) is 0.572. The lowest BCUT2D eigenvalue weighted by atomic mass is 10.0. The molecule has 2 aromatic carbocycles. The number of rotatable bonds is 7. The normalized spacial score (nSPS) is 21.8. The maximum atomic E-state index is 13.5. The van der Waals surface area contributed by atoms with Crippen LogP contribution >= 0.6 is 0 Å². The van der Waals surface area contributed by atoms with Gasteiger partial charge in [0.2, 0.25) is 5.91 Å². The molecule has 2 aromatic rings. The van der Waals surface area contributed by atoms with Gasteiger partial charge in [0.15, 0.2) is 0 Å². The molecule has 1 atom stereocenters. The van der Waals surface area contributed by atoms with Crippen LogP contribution < -0.4 is 0 Å². The molecule has 0 N–H and O–H groups in total. The number of imide groups is 1. The van der Waals surface area contributed by atoms with Gasteiger partial charge < -0.3 is 9.80 Å². The summed E-state index contributed by atoms with van der Waals surface area (Å²) in [4.78, 5) is 46.9. The van der Waals surface area contributed by atoms with Gasteiger partial charge in [0.05, 0.1) is 6.67 Å². The highest BCUT2D eigenvalue weighted by molar-refractivity contribution is 6.04. The van der Waals surface area contributed by atoms with Crippen LogP contribution in [0.15, 0.2) is 60.7 Å². The van der Waals surface area contributed by atoms with Gasteiger partial charge in [-0.1, -0.05) is 73.5 Å². The predicted octanol–water partition coefficient (Wildman–Crippen LogP) is 3.87. The first kappa shape index (κ1) is 23.5. The second-order valence-electron chi connectivity index (χ2n) is 9.97. The van der Waals surface area contributed by atoms with E-state index in [1.54, 1.807) is 4.90 Å². The molecular weight excluding hydrogens is 440 g/mol. The fourth-order valence-corrected chi connectivity index (χ4v) is 5.60. The van der Waals surface area contributed by atoms with Crippen LogP contribution in [0.25, 0.3) is 0 Å². The monoisotopic (exact) mass is 474 g/mol. The third-order valence-electron chi connectivity index (χ3n) is 7.60. The molecule has 1 saturated carbocycles. The van der Waals surface area contributed by atoms with Gasteiger partial charge in [0, 0.05) is 39.1 Å². The number of amides is 4. The Balaban J connectivity index is 1.24. The molecule has 7 heteroatoms. The van der Waals surface area contributed by atoms with Gasteiger partial charge in [-0.05, 0) is 29.9 Å². The largest absolute Gasteiger partial charge is 0.340 e. The minimum atomic E-state index is -0.627. The molecule has 3 aliphatic rings. The molecule has 0 bridgehead atoms. The molecule has 0 spiro atoms. The van der Waals surface area contributed by atoms with Crippen molar-refractivity contribution < 1.29 is 14.4 Å². The summed E-state index contributed by atoms with van der Waals surface area (Å²) in [6.07, 6.45) is 5.50. The Hall–Kier alpha value is -3.19. The van der Waals surface area contributed by atoms with E-state index in [0.29, 0.717) is 45.1 Å². The van der Waals surface area contributed by atoms with Crippen LogP contribution in [-0.2, 0) is 16.1 Å². The van der Waals surface area contributed by atoms with Crippen LogP contribution in [0.1, 0.15) is 49.3 Å². The minimum Gasteiger partial charge on any atom is -0.340 e. The maximum absolute atomic E-state index is 13.5.